The van der Waals surface area contributed by atoms with E-state index in [2.05, 4.69) is 4.72 Å². The average molecular weight is 355 g/mol. The zero-order chi connectivity index (χ0) is 17.2. The minimum Gasteiger partial charge on any atom is -0.545 e. The van der Waals surface area contributed by atoms with Crippen LogP contribution in [0.3, 0.4) is 0 Å². The molecule has 0 bridgehead atoms. The molecule has 2 aromatic rings. The zero-order valence-corrected chi connectivity index (χ0v) is 13.9. The van der Waals surface area contributed by atoms with Gasteiger partial charge in [-0.2, -0.15) is 0 Å². The van der Waals surface area contributed by atoms with Crippen molar-refractivity contribution >= 4 is 33.3 Å². The molecule has 122 valence electrons. The van der Waals surface area contributed by atoms with Crippen LogP contribution in [-0.4, -0.2) is 21.5 Å². The van der Waals surface area contributed by atoms with E-state index in [4.69, 9.17) is 16.3 Å². The highest BCUT2D eigenvalue weighted by Crippen LogP contribution is 2.30. The maximum absolute atomic E-state index is 12.6. The number of rotatable bonds is 5. The van der Waals surface area contributed by atoms with Crippen LogP contribution in [0, 0.1) is 6.92 Å². The summed E-state index contributed by atoms with van der Waals surface area (Å²) in [7, 11) is -2.64. The summed E-state index contributed by atoms with van der Waals surface area (Å²) in [5, 5.41) is 11.3. The normalized spacial score (nSPS) is 11.1. The third-order valence-electron chi connectivity index (χ3n) is 3.12. The van der Waals surface area contributed by atoms with Crippen LogP contribution < -0.4 is 14.6 Å². The number of anilines is 1. The van der Waals surface area contributed by atoms with E-state index in [0.717, 1.165) is 6.07 Å². The lowest BCUT2D eigenvalue weighted by molar-refractivity contribution is -0.255. The van der Waals surface area contributed by atoms with E-state index < -0.39 is 16.0 Å². The van der Waals surface area contributed by atoms with Crippen molar-refractivity contribution in [3.63, 3.8) is 0 Å². The number of carboxylic acid groups (broad SMARTS) is 1. The zero-order valence-electron chi connectivity index (χ0n) is 12.3. The van der Waals surface area contributed by atoms with Gasteiger partial charge < -0.3 is 14.6 Å². The molecule has 0 aliphatic heterocycles. The number of ether oxygens (including phenoxy) is 1. The number of methoxy groups -OCH3 is 1. The highest BCUT2D eigenvalue weighted by molar-refractivity contribution is 7.92. The second-order valence-corrected chi connectivity index (χ2v) is 6.81. The van der Waals surface area contributed by atoms with Gasteiger partial charge in [0.1, 0.15) is 5.75 Å². The molecule has 0 radical (unpaired) electrons. The average Bonchev–Trinajstić information content (AvgIpc) is 2.47. The van der Waals surface area contributed by atoms with Crippen molar-refractivity contribution in [3.8, 4) is 5.75 Å². The number of hydrogen-bond donors (Lipinski definition) is 1. The number of sulfonamides is 1. The number of benzene rings is 2. The highest BCUT2D eigenvalue weighted by Gasteiger charge is 2.20. The summed E-state index contributed by atoms with van der Waals surface area (Å²) in [5.74, 6) is -1.17. The largest absolute Gasteiger partial charge is 0.545 e. The molecule has 2 aromatic carbocycles. The third-order valence-corrected chi connectivity index (χ3v) is 4.86. The first-order valence-corrected chi connectivity index (χ1v) is 8.29. The Kier molecular flexibility index (Phi) is 4.82. The molecule has 0 amide bonds. The molecule has 2 rings (SSSR count). The van der Waals surface area contributed by atoms with Crippen molar-refractivity contribution < 1.29 is 23.1 Å². The molecule has 0 fully saturated rings. The van der Waals surface area contributed by atoms with Gasteiger partial charge >= 0.3 is 0 Å². The number of carboxylic acids is 1. The van der Waals surface area contributed by atoms with E-state index in [1.54, 1.807) is 13.0 Å². The lowest BCUT2D eigenvalue weighted by Crippen LogP contribution is -2.23. The first kappa shape index (κ1) is 17.1. The molecular weight excluding hydrogens is 342 g/mol. The molecule has 0 unspecified atom stereocenters. The molecule has 1 N–H and O–H groups in total. The molecule has 0 saturated carbocycles. The molecule has 0 aliphatic carbocycles. The van der Waals surface area contributed by atoms with Gasteiger partial charge in [-0.3, -0.25) is 4.72 Å². The van der Waals surface area contributed by atoms with E-state index in [0.29, 0.717) is 10.6 Å². The topological polar surface area (TPSA) is 95.5 Å². The SMILES string of the molecule is COc1ccc(Cl)cc1NS(=O)(=O)c1cc(C(=O)[O-])ccc1C. The molecule has 0 aliphatic rings. The number of nitrogens with one attached hydrogen (secondary N) is 1. The summed E-state index contributed by atoms with van der Waals surface area (Å²) in [6.45, 7) is 1.56. The number of aryl methyl sites for hydroxylation is 1. The fourth-order valence-corrected chi connectivity index (χ4v) is 3.48. The fraction of sp³-hybridized carbons (Fsp3) is 0.133. The first-order chi connectivity index (χ1) is 10.7. The Bertz CT molecular complexity index is 864. The van der Waals surface area contributed by atoms with Crippen LogP contribution in [0.25, 0.3) is 0 Å². The van der Waals surface area contributed by atoms with Gasteiger partial charge in [0.05, 0.1) is 23.7 Å². The van der Waals surface area contributed by atoms with E-state index in [9.17, 15) is 18.3 Å². The summed E-state index contributed by atoms with van der Waals surface area (Å²) in [6.07, 6.45) is 0. The van der Waals surface area contributed by atoms with E-state index in [-0.39, 0.29) is 21.9 Å². The minimum absolute atomic E-state index is 0.151. The summed E-state index contributed by atoms with van der Waals surface area (Å²) in [5.41, 5.74) is 0.316. The Balaban J connectivity index is 2.50. The second kappa shape index (κ2) is 6.47. The van der Waals surface area contributed by atoms with Gasteiger partial charge in [-0.25, -0.2) is 8.42 Å². The maximum atomic E-state index is 12.6. The predicted molar refractivity (Wildman–Crippen MR) is 84.3 cm³/mol. The first-order valence-electron chi connectivity index (χ1n) is 6.43. The number of carbonyl (C=O) groups is 1. The maximum Gasteiger partial charge on any atom is 0.262 e. The molecular formula is C15H13ClNO5S-. The monoisotopic (exact) mass is 354 g/mol. The van der Waals surface area contributed by atoms with Crippen molar-refractivity contribution in [1.82, 2.24) is 0 Å². The van der Waals surface area contributed by atoms with Gasteiger partial charge in [0.25, 0.3) is 10.0 Å². The Hall–Kier alpha value is -2.25. The lowest BCUT2D eigenvalue weighted by Gasteiger charge is -2.14. The van der Waals surface area contributed by atoms with Crippen molar-refractivity contribution in [1.29, 1.82) is 0 Å². The quantitative estimate of drug-likeness (QED) is 0.883. The smallest absolute Gasteiger partial charge is 0.262 e. The Morgan fingerprint density at radius 1 is 1.22 bits per heavy atom. The van der Waals surface area contributed by atoms with Gasteiger partial charge in [-0.1, -0.05) is 23.7 Å². The van der Waals surface area contributed by atoms with Gasteiger partial charge in [-0.15, -0.1) is 0 Å². The standard InChI is InChI=1S/C15H14ClNO5S/c1-9-3-4-10(15(18)19)7-14(9)23(20,21)17-12-8-11(16)5-6-13(12)22-2/h3-8,17H,1-2H3,(H,18,19)/p-1. The number of aromatic carboxylic acids is 1. The third kappa shape index (κ3) is 3.75. The van der Waals surface area contributed by atoms with Crippen molar-refractivity contribution in [2.75, 3.05) is 11.8 Å². The second-order valence-electron chi connectivity index (χ2n) is 4.72. The Labute approximate surface area is 138 Å². The highest BCUT2D eigenvalue weighted by atomic mass is 35.5. The minimum atomic E-state index is -4.03. The summed E-state index contributed by atoms with van der Waals surface area (Å²) in [4.78, 5) is 10.8. The Morgan fingerprint density at radius 3 is 2.52 bits per heavy atom. The van der Waals surface area contributed by atoms with E-state index in [1.807, 2.05) is 0 Å². The lowest BCUT2D eigenvalue weighted by atomic mass is 10.1. The number of carbonyl (C=O) groups excluding carboxylic acids is 1. The van der Waals surface area contributed by atoms with Gasteiger partial charge in [0.2, 0.25) is 0 Å². The molecule has 0 saturated heterocycles. The summed E-state index contributed by atoms with van der Waals surface area (Å²) in [6, 6.07) is 8.20. The van der Waals surface area contributed by atoms with Gasteiger partial charge in [0.15, 0.2) is 0 Å². The molecule has 0 spiro atoms. The van der Waals surface area contributed by atoms with Crippen LogP contribution in [-0.2, 0) is 10.0 Å². The summed E-state index contributed by atoms with van der Waals surface area (Å²) >= 11 is 5.87. The molecule has 0 heterocycles. The molecule has 23 heavy (non-hydrogen) atoms. The van der Waals surface area contributed by atoms with Crippen LogP contribution in [0.1, 0.15) is 15.9 Å². The van der Waals surface area contributed by atoms with Gasteiger partial charge in [0, 0.05) is 5.02 Å². The molecule has 6 nitrogen and oxygen atoms in total. The van der Waals surface area contributed by atoms with Crippen LogP contribution in [0.2, 0.25) is 5.02 Å². The molecule has 0 aromatic heterocycles. The van der Waals surface area contributed by atoms with E-state index >= 15 is 0 Å². The van der Waals surface area contributed by atoms with E-state index in [1.165, 1.54) is 31.4 Å². The molecule has 0 atom stereocenters. The number of halogens is 1. The van der Waals surface area contributed by atoms with Crippen LogP contribution in [0.15, 0.2) is 41.3 Å². The van der Waals surface area contributed by atoms with Crippen LogP contribution in [0.5, 0.6) is 5.75 Å². The van der Waals surface area contributed by atoms with Crippen LogP contribution >= 0.6 is 11.6 Å². The van der Waals surface area contributed by atoms with Crippen LogP contribution in [0.4, 0.5) is 5.69 Å². The van der Waals surface area contributed by atoms with Gasteiger partial charge in [-0.05, 0) is 42.3 Å². The molecule has 8 heteroatoms. The number of hydrogen-bond acceptors (Lipinski definition) is 5. The Morgan fingerprint density at radius 2 is 1.91 bits per heavy atom. The van der Waals surface area contributed by atoms with Crippen molar-refractivity contribution in [3.05, 3.63) is 52.5 Å². The van der Waals surface area contributed by atoms with Crippen molar-refractivity contribution in [2.45, 2.75) is 11.8 Å². The fourth-order valence-electron chi connectivity index (χ4n) is 1.98. The predicted octanol–water partition coefficient (Wildman–Crippen LogP) is 1.82. The summed E-state index contributed by atoms with van der Waals surface area (Å²) < 4.78 is 32.5. The van der Waals surface area contributed by atoms with Crippen molar-refractivity contribution in [2.24, 2.45) is 0 Å².